The molecule has 1 fully saturated rings. The first-order chi connectivity index (χ1) is 9.58. The lowest BCUT2D eigenvalue weighted by Crippen LogP contribution is -2.51. The van der Waals surface area contributed by atoms with E-state index < -0.39 is 12.0 Å². The smallest absolute Gasteiger partial charge is 0.326 e. The Morgan fingerprint density at radius 2 is 2.25 bits per heavy atom. The van der Waals surface area contributed by atoms with Crippen molar-refractivity contribution in [3.63, 3.8) is 0 Å². The number of piperidine rings is 1. The number of aliphatic carboxylic acids is 1. The zero-order valence-corrected chi connectivity index (χ0v) is 12.7. The van der Waals surface area contributed by atoms with Crippen LogP contribution in [0.2, 0.25) is 0 Å². The molecule has 2 atom stereocenters. The van der Waals surface area contributed by atoms with E-state index in [9.17, 15) is 9.59 Å². The summed E-state index contributed by atoms with van der Waals surface area (Å²) in [4.78, 5) is 24.9. The summed E-state index contributed by atoms with van der Waals surface area (Å²) in [6.07, 6.45) is 4.94. The molecule has 1 rings (SSSR count). The minimum atomic E-state index is -0.990. The number of hydrogen-bond donors (Lipinski definition) is 3. The fraction of sp³-hybridized carbons (Fsp3) is 0.846. The number of carboxylic acids is 1. The number of nitrogens with one attached hydrogen (secondary N) is 1. The summed E-state index contributed by atoms with van der Waals surface area (Å²) in [5.74, 6) is 0.0231. The zero-order valence-electron chi connectivity index (χ0n) is 11.9. The van der Waals surface area contributed by atoms with Crippen LogP contribution in [-0.4, -0.2) is 64.9 Å². The van der Waals surface area contributed by atoms with Gasteiger partial charge in [-0.25, -0.2) is 9.59 Å². The molecule has 116 valence electrons. The van der Waals surface area contributed by atoms with Gasteiger partial charge in [-0.05, 0) is 43.6 Å². The molecule has 2 amide bonds. The number of rotatable bonds is 7. The van der Waals surface area contributed by atoms with E-state index in [2.05, 4.69) is 5.32 Å². The maximum Gasteiger partial charge on any atom is 0.326 e. The lowest BCUT2D eigenvalue weighted by Gasteiger charge is -2.33. The van der Waals surface area contributed by atoms with Crippen molar-refractivity contribution in [1.82, 2.24) is 10.2 Å². The van der Waals surface area contributed by atoms with Crippen molar-refractivity contribution >= 4 is 23.8 Å². The molecule has 1 heterocycles. The lowest BCUT2D eigenvalue weighted by atomic mass is 9.95. The summed E-state index contributed by atoms with van der Waals surface area (Å²) in [6, 6.07) is -1.13. The molecule has 0 aromatic heterocycles. The van der Waals surface area contributed by atoms with E-state index in [4.69, 9.17) is 10.2 Å². The van der Waals surface area contributed by atoms with E-state index in [1.165, 1.54) is 0 Å². The lowest BCUT2D eigenvalue weighted by molar-refractivity contribution is -0.139. The summed E-state index contributed by atoms with van der Waals surface area (Å²) >= 11 is 1.56. The van der Waals surface area contributed by atoms with Crippen LogP contribution in [0.5, 0.6) is 0 Å². The van der Waals surface area contributed by atoms with E-state index in [1.54, 1.807) is 16.7 Å². The highest BCUT2D eigenvalue weighted by Crippen LogP contribution is 2.19. The number of amides is 2. The second kappa shape index (κ2) is 9.07. The molecule has 0 aliphatic carbocycles. The average Bonchev–Trinajstić information content (AvgIpc) is 2.43. The SMILES string of the molecule is CSCC[C@@H](NC(=O)N1CCCC(CCO)C1)C(=O)O. The van der Waals surface area contributed by atoms with Crippen molar-refractivity contribution in [1.29, 1.82) is 0 Å². The van der Waals surface area contributed by atoms with Crippen molar-refractivity contribution in [2.45, 2.75) is 31.7 Å². The fourth-order valence-electron chi connectivity index (χ4n) is 2.40. The van der Waals surface area contributed by atoms with Crippen molar-refractivity contribution in [3.8, 4) is 0 Å². The number of aliphatic hydroxyl groups is 1. The molecular weight excluding hydrogens is 280 g/mol. The first-order valence-corrected chi connectivity index (χ1v) is 8.36. The van der Waals surface area contributed by atoms with Crippen molar-refractivity contribution in [3.05, 3.63) is 0 Å². The number of carboxylic acid groups (broad SMARTS) is 1. The highest BCUT2D eigenvalue weighted by atomic mass is 32.2. The van der Waals surface area contributed by atoms with Gasteiger partial charge in [-0.15, -0.1) is 0 Å². The number of carbonyl (C=O) groups excluding carboxylic acids is 1. The molecule has 1 aliphatic rings. The minimum absolute atomic E-state index is 0.131. The van der Waals surface area contributed by atoms with Crippen LogP contribution in [0.4, 0.5) is 4.79 Å². The average molecular weight is 304 g/mol. The van der Waals surface area contributed by atoms with Gasteiger partial charge in [-0.1, -0.05) is 0 Å². The standard InChI is InChI=1S/C13H24N2O4S/c1-20-8-5-11(12(17)18)14-13(19)15-6-2-3-10(9-15)4-7-16/h10-11,16H,2-9H2,1H3,(H,14,19)(H,17,18)/t10?,11-/m1/s1. The second-order valence-corrected chi connectivity index (χ2v) is 6.07. The number of urea groups is 1. The fourth-order valence-corrected chi connectivity index (χ4v) is 2.87. The van der Waals surface area contributed by atoms with Gasteiger partial charge in [0.2, 0.25) is 0 Å². The molecule has 0 radical (unpaired) electrons. The van der Waals surface area contributed by atoms with Gasteiger partial charge in [0.15, 0.2) is 0 Å². The third kappa shape index (κ3) is 5.58. The second-order valence-electron chi connectivity index (χ2n) is 5.09. The maximum atomic E-state index is 12.1. The molecule has 0 aromatic carbocycles. The maximum absolute atomic E-state index is 12.1. The van der Waals surface area contributed by atoms with Gasteiger partial charge in [-0.2, -0.15) is 11.8 Å². The highest BCUT2D eigenvalue weighted by Gasteiger charge is 2.26. The van der Waals surface area contributed by atoms with Crippen LogP contribution in [0.1, 0.15) is 25.7 Å². The number of aliphatic hydroxyl groups excluding tert-OH is 1. The van der Waals surface area contributed by atoms with Crippen molar-refractivity contribution < 1.29 is 19.8 Å². The predicted octanol–water partition coefficient (Wildman–Crippen LogP) is 0.997. The molecule has 1 unspecified atom stereocenters. The summed E-state index contributed by atoms with van der Waals surface area (Å²) in [7, 11) is 0. The number of hydrogen-bond acceptors (Lipinski definition) is 4. The van der Waals surface area contributed by atoms with Gasteiger partial charge >= 0.3 is 12.0 Å². The summed E-state index contributed by atoms with van der Waals surface area (Å²) in [5.41, 5.74) is 0. The van der Waals surface area contributed by atoms with E-state index in [-0.39, 0.29) is 12.6 Å². The van der Waals surface area contributed by atoms with Crippen LogP contribution >= 0.6 is 11.8 Å². The molecule has 6 nitrogen and oxygen atoms in total. The van der Waals surface area contributed by atoms with Gasteiger partial charge in [0.1, 0.15) is 6.04 Å². The van der Waals surface area contributed by atoms with Gasteiger partial charge in [0.25, 0.3) is 0 Å². The number of thioether (sulfide) groups is 1. The number of nitrogens with zero attached hydrogens (tertiary/aromatic N) is 1. The Balaban J connectivity index is 2.48. The summed E-state index contributed by atoms with van der Waals surface area (Å²) in [5, 5.41) is 20.7. The normalized spacial score (nSPS) is 20.5. The molecule has 3 N–H and O–H groups in total. The third-order valence-electron chi connectivity index (χ3n) is 3.55. The molecule has 0 bridgehead atoms. The number of carbonyl (C=O) groups is 2. The van der Waals surface area contributed by atoms with Gasteiger partial charge in [0.05, 0.1) is 0 Å². The molecule has 20 heavy (non-hydrogen) atoms. The van der Waals surface area contributed by atoms with E-state index in [1.807, 2.05) is 6.26 Å². The van der Waals surface area contributed by atoms with Crippen LogP contribution in [0, 0.1) is 5.92 Å². The summed E-state index contributed by atoms with van der Waals surface area (Å²) < 4.78 is 0. The minimum Gasteiger partial charge on any atom is -0.480 e. The largest absolute Gasteiger partial charge is 0.480 e. The van der Waals surface area contributed by atoms with E-state index in [0.717, 1.165) is 12.8 Å². The molecule has 0 aromatic rings. The Morgan fingerprint density at radius 1 is 1.50 bits per heavy atom. The van der Waals surface area contributed by atoms with Gasteiger partial charge < -0.3 is 20.4 Å². The summed E-state index contributed by atoms with van der Waals surface area (Å²) in [6.45, 7) is 1.38. The van der Waals surface area contributed by atoms with E-state index in [0.29, 0.717) is 37.6 Å². The van der Waals surface area contributed by atoms with E-state index >= 15 is 0 Å². The van der Waals surface area contributed by atoms with Gasteiger partial charge in [-0.3, -0.25) is 0 Å². The molecule has 0 spiro atoms. The zero-order chi connectivity index (χ0) is 15.0. The molecular formula is C13H24N2O4S. The number of likely N-dealkylation sites (tertiary alicyclic amines) is 1. The first-order valence-electron chi connectivity index (χ1n) is 6.96. The molecule has 7 heteroatoms. The van der Waals surface area contributed by atoms with Crippen LogP contribution in [0.15, 0.2) is 0 Å². The van der Waals surface area contributed by atoms with Crippen LogP contribution in [0.3, 0.4) is 0 Å². The highest BCUT2D eigenvalue weighted by molar-refractivity contribution is 7.98. The monoisotopic (exact) mass is 304 g/mol. The Bertz CT molecular complexity index is 325. The topological polar surface area (TPSA) is 89.9 Å². The quantitative estimate of drug-likeness (QED) is 0.653. The van der Waals surface area contributed by atoms with Crippen LogP contribution in [0.25, 0.3) is 0 Å². The van der Waals surface area contributed by atoms with Gasteiger partial charge in [0, 0.05) is 19.7 Å². The first kappa shape index (κ1) is 17.1. The Labute approximate surface area is 123 Å². The van der Waals surface area contributed by atoms with Crippen LogP contribution < -0.4 is 5.32 Å². The van der Waals surface area contributed by atoms with Crippen LogP contribution in [-0.2, 0) is 4.79 Å². The Kier molecular flexibility index (Phi) is 7.76. The predicted molar refractivity (Wildman–Crippen MR) is 79.0 cm³/mol. The Morgan fingerprint density at radius 3 is 2.85 bits per heavy atom. The molecule has 0 saturated carbocycles. The van der Waals surface area contributed by atoms with Crippen molar-refractivity contribution in [2.75, 3.05) is 31.7 Å². The Hall–Kier alpha value is -0.950. The third-order valence-corrected chi connectivity index (χ3v) is 4.19. The van der Waals surface area contributed by atoms with Crippen molar-refractivity contribution in [2.24, 2.45) is 5.92 Å². The molecule has 1 saturated heterocycles. The molecule has 1 aliphatic heterocycles.